The molecule has 23 heavy (non-hydrogen) atoms. The van der Waals surface area contributed by atoms with Gasteiger partial charge in [0.05, 0.1) is 6.10 Å². The highest BCUT2D eigenvalue weighted by Crippen LogP contribution is 2.20. The number of unbranched alkanes of at least 4 members (excludes halogenated alkanes) is 1. The number of aliphatic hydroxyl groups is 1. The smallest absolute Gasteiger partial charge is 0.317 e. The van der Waals surface area contributed by atoms with E-state index in [-0.39, 0.29) is 17.7 Å². The molecule has 0 radical (unpaired) electrons. The molecular weight excluding hydrogens is 294 g/mol. The summed E-state index contributed by atoms with van der Waals surface area (Å²) in [6.45, 7) is 4.53. The summed E-state index contributed by atoms with van der Waals surface area (Å²) >= 11 is 0. The predicted molar refractivity (Wildman–Crippen MR) is 89.3 cm³/mol. The van der Waals surface area contributed by atoms with Crippen LogP contribution in [-0.2, 0) is 6.54 Å². The maximum absolute atomic E-state index is 12.1. The summed E-state index contributed by atoms with van der Waals surface area (Å²) < 4.78 is 1.68. The van der Waals surface area contributed by atoms with Crippen molar-refractivity contribution in [3.63, 3.8) is 0 Å². The largest absolute Gasteiger partial charge is 0.393 e. The van der Waals surface area contributed by atoms with Gasteiger partial charge in [0.25, 0.3) is 0 Å². The Morgan fingerprint density at radius 2 is 2.09 bits per heavy atom. The number of piperidine rings is 1. The molecule has 2 rings (SSSR count). The summed E-state index contributed by atoms with van der Waals surface area (Å²) in [5.41, 5.74) is 0.0116. The molecule has 2 heterocycles. The van der Waals surface area contributed by atoms with Crippen LogP contribution in [0.15, 0.2) is 29.2 Å². The maximum Gasteiger partial charge on any atom is 0.317 e. The lowest BCUT2D eigenvalue weighted by molar-refractivity contribution is 0.0798. The van der Waals surface area contributed by atoms with Gasteiger partial charge in [-0.3, -0.25) is 4.79 Å². The van der Waals surface area contributed by atoms with E-state index in [0.717, 1.165) is 25.7 Å². The van der Waals surface area contributed by atoms with Crippen LogP contribution in [0.25, 0.3) is 0 Å². The Labute approximate surface area is 137 Å². The van der Waals surface area contributed by atoms with Gasteiger partial charge < -0.3 is 19.9 Å². The van der Waals surface area contributed by atoms with E-state index in [1.807, 2.05) is 17.9 Å². The number of pyridine rings is 1. The molecule has 1 fully saturated rings. The van der Waals surface area contributed by atoms with Crippen LogP contribution in [-0.4, -0.2) is 46.3 Å². The molecule has 6 heteroatoms. The number of nitrogens with one attached hydrogen (secondary N) is 1. The molecule has 1 saturated heterocycles. The summed E-state index contributed by atoms with van der Waals surface area (Å²) in [7, 11) is 0. The van der Waals surface area contributed by atoms with Crippen molar-refractivity contribution in [1.29, 1.82) is 0 Å². The molecule has 6 nitrogen and oxygen atoms in total. The van der Waals surface area contributed by atoms with E-state index in [1.165, 1.54) is 0 Å². The first-order valence-corrected chi connectivity index (χ1v) is 8.44. The van der Waals surface area contributed by atoms with Gasteiger partial charge in [0.1, 0.15) is 0 Å². The summed E-state index contributed by atoms with van der Waals surface area (Å²) in [5, 5.41) is 12.5. The van der Waals surface area contributed by atoms with Crippen LogP contribution in [0.2, 0.25) is 0 Å². The van der Waals surface area contributed by atoms with Gasteiger partial charge in [-0.15, -0.1) is 0 Å². The number of aliphatic hydroxyl groups excluding tert-OH is 1. The first kappa shape index (κ1) is 17.5. The highest BCUT2D eigenvalue weighted by Gasteiger charge is 2.24. The Morgan fingerprint density at radius 1 is 1.35 bits per heavy atom. The van der Waals surface area contributed by atoms with Gasteiger partial charge in [-0.1, -0.05) is 6.07 Å². The third-order valence-corrected chi connectivity index (χ3v) is 4.51. The molecule has 0 spiro atoms. The van der Waals surface area contributed by atoms with Crippen LogP contribution in [0.5, 0.6) is 0 Å². The number of carbonyl (C=O) groups excluding carboxylic acids is 1. The minimum atomic E-state index is -0.290. The van der Waals surface area contributed by atoms with E-state index in [0.29, 0.717) is 32.1 Å². The second kappa shape index (κ2) is 8.72. The molecule has 1 unspecified atom stereocenters. The number of aromatic nitrogens is 1. The van der Waals surface area contributed by atoms with Crippen LogP contribution in [0.4, 0.5) is 4.79 Å². The Bertz CT molecular complexity index is 548. The van der Waals surface area contributed by atoms with Gasteiger partial charge in [-0.25, -0.2) is 4.79 Å². The molecule has 0 bridgehead atoms. The van der Waals surface area contributed by atoms with Crippen LogP contribution < -0.4 is 10.9 Å². The average molecular weight is 321 g/mol. The SMILES string of the molecule is CC(O)C1CCN(C(=O)NCCCCn2ccccc2=O)CC1. The highest BCUT2D eigenvalue weighted by atomic mass is 16.3. The number of hydrogen-bond donors (Lipinski definition) is 2. The molecule has 1 atom stereocenters. The Kier molecular flexibility index (Phi) is 6.65. The maximum atomic E-state index is 12.1. The van der Waals surface area contributed by atoms with Gasteiger partial charge >= 0.3 is 6.03 Å². The summed E-state index contributed by atoms with van der Waals surface area (Å²) in [6.07, 6.45) is 4.92. The van der Waals surface area contributed by atoms with Crippen molar-refractivity contribution in [2.45, 2.75) is 45.3 Å². The zero-order valence-electron chi connectivity index (χ0n) is 13.8. The Morgan fingerprint density at radius 3 is 2.74 bits per heavy atom. The first-order chi connectivity index (χ1) is 11.1. The molecule has 0 aliphatic carbocycles. The Balaban J connectivity index is 1.60. The van der Waals surface area contributed by atoms with Gasteiger partial charge in [0, 0.05) is 38.4 Å². The normalized spacial score (nSPS) is 17.0. The van der Waals surface area contributed by atoms with Crippen LogP contribution >= 0.6 is 0 Å². The Hall–Kier alpha value is -1.82. The molecule has 0 saturated carbocycles. The highest BCUT2D eigenvalue weighted by molar-refractivity contribution is 5.74. The molecule has 2 amide bonds. The third kappa shape index (κ3) is 5.39. The second-order valence-corrected chi connectivity index (χ2v) is 6.24. The topological polar surface area (TPSA) is 74.6 Å². The molecule has 1 aromatic heterocycles. The minimum Gasteiger partial charge on any atom is -0.393 e. The number of carbonyl (C=O) groups is 1. The average Bonchev–Trinajstić information content (AvgIpc) is 2.56. The monoisotopic (exact) mass is 321 g/mol. The predicted octanol–water partition coefficient (Wildman–Crippen LogP) is 1.43. The van der Waals surface area contributed by atoms with Gasteiger partial charge in [0.15, 0.2) is 0 Å². The van der Waals surface area contributed by atoms with Crippen LogP contribution in [0, 0.1) is 5.92 Å². The van der Waals surface area contributed by atoms with E-state index in [9.17, 15) is 14.7 Å². The van der Waals surface area contributed by atoms with E-state index in [2.05, 4.69) is 5.32 Å². The molecule has 0 aromatic carbocycles. The molecule has 1 aromatic rings. The van der Waals surface area contributed by atoms with Gasteiger partial charge in [0.2, 0.25) is 5.56 Å². The van der Waals surface area contributed by atoms with Gasteiger partial charge in [-0.05, 0) is 44.6 Å². The third-order valence-electron chi connectivity index (χ3n) is 4.51. The van der Waals surface area contributed by atoms with Crippen molar-refractivity contribution in [2.24, 2.45) is 5.92 Å². The van der Waals surface area contributed by atoms with Crippen molar-refractivity contribution in [3.8, 4) is 0 Å². The van der Waals surface area contributed by atoms with E-state index < -0.39 is 0 Å². The van der Waals surface area contributed by atoms with Crippen LogP contribution in [0.3, 0.4) is 0 Å². The number of aryl methyl sites for hydroxylation is 1. The first-order valence-electron chi connectivity index (χ1n) is 8.44. The fourth-order valence-electron chi connectivity index (χ4n) is 2.94. The lowest BCUT2D eigenvalue weighted by atomic mass is 9.92. The summed E-state index contributed by atoms with van der Waals surface area (Å²) in [4.78, 5) is 25.4. The molecule has 1 aliphatic rings. The van der Waals surface area contributed by atoms with E-state index >= 15 is 0 Å². The summed E-state index contributed by atoms with van der Waals surface area (Å²) in [5.74, 6) is 0.309. The number of urea groups is 1. The minimum absolute atomic E-state index is 0.0116. The van der Waals surface area contributed by atoms with Crippen molar-refractivity contribution in [2.75, 3.05) is 19.6 Å². The molecule has 128 valence electrons. The fourth-order valence-corrected chi connectivity index (χ4v) is 2.94. The molecule has 1 aliphatic heterocycles. The molecule has 2 N–H and O–H groups in total. The number of nitrogens with zero attached hydrogens (tertiary/aromatic N) is 2. The number of amides is 2. The van der Waals surface area contributed by atoms with Crippen LogP contribution in [0.1, 0.15) is 32.6 Å². The van der Waals surface area contributed by atoms with E-state index in [4.69, 9.17) is 0 Å². The van der Waals surface area contributed by atoms with E-state index in [1.54, 1.807) is 22.9 Å². The standard InChI is InChI=1S/C17H27N3O3/c1-14(21)15-7-12-20(13-8-15)17(23)18-9-3-5-11-19-10-4-2-6-16(19)22/h2,4,6,10,14-15,21H,3,5,7-9,11-13H2,1H3,(H,18,23). The zero-order chi connectivity index (χ0) is 16.7. The number of rotatable bonds is 6. The number of likely N-dealkylation sites (tertiary alicyclic amines) is 1. The second-order valence-electron chi connectivity index (χ2n) is 6.24. The van der Waals surface area contributed by atoms with Gasteiger partial charge in [-0.2, -0.15) is 0 Å². The summed E-state index contributed by atoms with van der Waals surface area (Å²) in [6, 6.07) is 5.12. The van der Waals surface area contributed by atoms with Crippen molar-refractivity contribution in [1.82, 2.24) is 14.8 Å². The zero-order valence-corrected chi connectivity index (χ0v) is 13.8. The quantitative estimate of drug-likeness (QED) is 0.779. The van der Waals surface area contributed by atoms with Crippen molar-refractivity contribution in [3.05, 3.63) is 34.7 Å². The lowest BCUT2D eigenvalue weighted by Gasteiger charge is -2.33. The van der Waals surface area contributed by atoms with Crippen molar-refractivity contribution < 1.29 is 9.90 Å². The molecular formula is C17H27N3O3. The lowest BCUT2D eigenvalue weighted by Crippen LogP contribution is -2.46. The fraction of sp³-hybridized carbons (Fsp3) is 0.647. The van der Waals surface area contributed by atoms with Crippen molar-refractivity contribution >= 4 is 6.03 Å². The number of hydrogen-bond acceptors (Lipinski definition) is 3.